The van der Waals surface area contributed by atoms with Gasteiger partial charge in [-0.25, -0.2) is 0 Å². The van der Waals surface area contributed by atoms with Crippen LogP contribution in [0.1, 0.15) is 101 Å². The first kappa shape index (κ1) is 35.5. The number of hydrogen-bond acceptors (Lipinski definition) is 2. The highest BCUT2D eigenvalue weighted by Gasteiger charge is 2.28. The lowest BCUT2D eigenvalue weighted by atomic mass is 9.87. The average Bonchev–Trinajstić information content (AvgIpc) is 3.88. The summed E-state index contributed by atoms with van der Waals surface area (Å²) in [7, 11) is 0. The summed E-state index contributed by atoms with van der Waals surface area (Å²) in [4.78, 5) is 10.2. The van der Waals surface area contributed by atoms with E-state index in [2.05, 4.69) is 128 Å². The Balaban J connectivity index is 1.33. The fourth-order valence-corrected chi connectivity index (χ4v) is 9.84. The van der Waals surface area contributed by atoms with Crippen molar-refractivity contribution in [2.45, 2.75) is 111 Å². The van der Waals surface area contributed by atoms with Crippen molar-refractivity contribution >= 4 is 43.6 Å². The second-order valence-electron chi connectivity index (χ2n) is 15.8. The number of rotatable bonds is 14. The molecule has 278 valence electrons. The maximum Gasteiger partial charge on any atom is 0.0931 e. The fraction of sp³-hybridized carbons (Fsp3) is 0.333. The lowest BCUT2D eigenvalue weighted by Gasteiger charge is -2.19. The third-order valence-corrected chi connectivity index (χ3v) is 12.4. The number of benzene rings is 4. The minimum atomic E-state index is 0.844. The van der Waals surface area contributed by atoms with Crippen LogP contribution in [0.2, 0.25) is 0 Å². The molecule has 0 unspecified atom stereocenters. The summed E-state index contributed by atoms with van der Waals surface area (Å²) in [6.07, 6.45) is 17.1. The molecule has 1 aliphatic rings. The van der Waals surface area contributed by atoms with Crippen LogP contribution in [0.4, 0.5) is 0 Å². The maximum absolute atomic E-state index is 5.29. The molecule has 0 atom stereocenters. The molecule has 0 spiro atoms. The van der Waals surface area contributed by atoms with E-state index in [0.717, 1.165) is 43.7 Å². The molecule has 0 N–H and O–H groups in total. The summed E-state index contributed by atoms with van der Waals surface area (Å²) < 4.78 is 5.11. The number of unbranched alkanes of at least 4 members (excludes halogenated alkanes) is 6. The number of hydrogen-bond donors (Lipinski definition) is 0. The smallest absolute Gasteiger partial charge is 0.0931 e. The van der Waals surface area contributed by atoms with Crippen LogP contribution in [-0.4, -0.2) is 19.1 Å². The maximum atomic E-state index is 5.29. The van der Waals surface area contributed by atoms with E-state index >= 15 is 0 Å². The molecule has 4 heteroatoms. The van der Waals surface area contributed by atoms with Crippen molar-refractivity contribution in [1.29, 1.82) is 0 Å². The van der Waals surface area contributed by atoms with Gasteiger partial charge in [0.15, 0.2) is 0 Å². The predicted octanol–water partition coefficient (Wildman–Crippen LogP) is 13.9. The van der Waals surface area contributed by atoms with Crippen LogP contribution in [0.25, 0.3) is 77.3 Å². The second-order valence-corrected chi connectivity index (χ2v) is 15.8. The molecule has 1 aliphatic carbocycles. The van der Waals surface area contributed by atoms with Gasteiger partial charge in [-0.2, -0.15) is 0 Å². The zero-order valence-electron chi connectivity index (χ0n) is 33.2. The molecule has 55 heavy (non-hydrogen) atoms. The summed E-state index contributed by atoms with van der Waals surface area (Å²) >= 11 is 0. The Kier molecular flexibility index (Phi) is 9.76. The van der Waals surface area contributed by atoms with Crippen molar-refractivity contribution in [3.63, 3.8) is 0 Å². The Morgan fingerprint density at radius 1 is 0.545 bits per heavy atom. The van der Waals surface area contributed by atoms with E-state index in [1.165, 1.54) is 139 Å². The molecule has 4 aromatic carbocycles. The van der Waals surface area contributed by atoms with Gasteiger partial charge in [-0.3, -0.25) is 9.97 Å². The highest BCUT2D eigenvalue weighted by Crippen LogP contribution is 2.47. The number of aryl methyl sites for hydroxylation is 4. The number of pyridine rings is 2. The van der Waals surface area contributed by atoms with Gasteiger partial charge in [-0.15, -0.1) is 0 Å². The monoisotopic (exact) mass is 722 g/mol. The first-order valence-corrected chi connectivity index (χ1v) is 21.2. The van der Waals surface area contributed by atoms with Gasteiger partial charge in [0.1, 0.15) is 0 Å². The van der Waals surface area contributed by atoms with Gasteiger partial charge >= 0.3 is 0 Å². The van der Waals surface area contributed by atoms with Crippen LogP contribution < -0.4 is 0 Å². The minimum absolute atomic E-state index is 0.844. The number of para-hydroxylation sites is 2. The van der Waals surface area contributed by atoms with E-state index in [-0.39, 0.29) is 0 Å². The molecule has 0 saturated heterocycles. The third kappa shape index (κ3) is 6.05. The molecule has 0 bridgehead atoms. The quantitative estimate of drug-likeness (QED) is 0.105. The van der Waals surface area contributed by atoms with E-state index in [4.69, 9.17) is 9.97 Å². The van der Waals surface area contributed by atoms with Crippen molar-refractivity contribution in [1.82, 2.24) is 19.1 Å². The predicted molar refractivity (Wildman–Crippen MR) is 234 cm³/mol. The summed E-state index contributed by atoms with van der Waals surface area (Å²) in [6, 6.07) is 32.4. The fourth-order valence-electron chi connectivity index (χ4n) is 9.84. The molecule has 0 saturated carbocycles. The van der Waals surface area contributed by atoms with Crippen LogP contribution in [0.15, 0.2) is 97.3 Å². The van der Waals surface area contributed by atoms with Crippen LogP contribution in [0.3, 0.4) is 0 Å². The largest absolute Gasteiger partial charge is 0.341 e. The van der Waals surface area contributed by atoms with Crippen molar-refractivity contribution in [3.8, 4) is 33.6 Å². The molecule has 4 aromatic heterocycles. The average molecular weight is 723 g/mol. The van der Waals surface area contributed by atoms with Gasteiger partial charge in [-0.05, 0) is 121 Å². The molecular weight excluding hydrogens is 669 g/mol. The molecule has 4 heterocycles. The molecular formula is C51H54N4. The summed E-state index contributed by atoms with van der Waals surface area (Å²) in [5, 5.41) is 5.40. The summed E-state index contributed by atoms with van der Waals surface area (Å²) in [5.74, 6) is 0. The number of fused-ring (bicyclic) bond motifs is 9. The Morgan fingerprint density at radius 3 is 1.73 bits per heavy atom. The SMILES string of the molecule is CCCCCCc1cc(-c2cnc3c(c2-c2cc(CCCCCC)c4c(c2)c2ccccc2n4CC)Cc2cccnc2-3)cc2c3ccccc3n(CC)c12. The Labute approximate surface area is 326 Å². The van der Waals surface area contributed by atoms with E-state index in [0.29, 0.717) is 0 Å². The standard InChI is InChI=1S/C51H54N4/c1-5-9-11-13-20-35-28-37(31-41-39-23-15-17-25-45(39)54(7-3)50(35)41)44-33-53-49-43(30-34-22-19-27-52-48(34)49)47(44)38-29-36(21-14-12-10-6-2)51-42(32-38)40-24-16-18-26-46(40)55(51)8-4/h15-19,22-29,31-33H,5-14,20-21,30H2,1-4H3. The van der Waals surface area contributed by atoms with Gasteiger partial charge in [0.2, 0.25) is 0 Å². The van der Waals surface area contributed by atoms with Crippen molar-refractivity contribution in [3.05, 3.63) is 120 Å². The molecule has 4 nitrogen and oxygen atoms in total. The minimum Gasteiger partial charge on any atom is -0.341 e. The van der Waals surface area contributed by atoms with Crippen LogP contribution in [0, 0.1) is 0 Å². The van der Waals surface area contributed by atoms with Crippen molar-refractivity contribution < 1.29 is 0 Å². The highest BCUT2D eigenvalue weighted by molar-refractivity contribution is 6.13. The molecule has 0 fully saturated rings. The Morgan fingerprint density at radius 2 is 1.13 bits per heavy atom. The second kappa shape index (κ2) is 15.1. The van der Waals surface area contributed by atoms with Gasteiger partial charge in [0.05, 0.1) is 22.4 Å². The molecule has 8 aromatic rings. The van der Waals surface area contributed by atoms with E-state index in [1.54, 1.807) is 0 Å². The van der Waals surface area contributed by atoms with Gasteiger partial charge in [0, 0.05) is 70.0 Å². The summed E-state index contributed by atoms with van der Waals surface area (Å²) in [6.45, 7) is 11.1. The topological polar surface area (TPSA) is 35.6 Å². The molecule has 9 rings (SSSR count). The first-order valence-electron chi connectivity index (χ1n) is 21.2. The lowest BCUT2D eigenvalue weighted by Crippen LogP contribution is -2.01. The Bertz CT molecular complexity index is 2690. The van der Waals surface area contributed by atoms with Crippen molar-refractivity contribution in [2.75, 3.05) is 0 Å². The first-order chi connectivity index (χ1) is 27.1. The third-order valence-electron chi connectivity index (χ3n) is 12.4. The van der Waals surface area contributed by atoms with Crippen LogP contribution >= 0.6 is 0 Å². The zero-order chi connectivity index (χ0) is 37.5. The van der Waals surface area contributed by atoms with Gasteiger partial charge < -0.3 is 9.13 Å². The molecule has 0 amide bonds. The lowest BCUT2D eigenvalue weighted by molar-refractivity contribution is 0.666. The Hall–Kier alpha value is -5.22. The van der Waals surface area contributed by atoms with E-state index in [1.807, 2.05) is 6.20 Å². The highest BCUT2D eigenvalue weighted by atomic mass is 15.0. The normalized spacial score (nSPS) is 12.4. The van der Waals surface area contributed by atoms with Gasteiger partial charge in [-0.1, -0.05) is 94.8 Å². The zero-order valence-corrected chi connectivity index (χ0v) is 33.2. The number of aromatic nitrogens is 4. The van der Waals surface area contributed by atoms with E-state index < -0.39 is 0 Å². The number of nitrogens with zero attached hydrogens (tertiary/aromatic N) is 4. The molecule has 0 radical (unpaired) electrons. The molecule has 0 aliphatic heterocycles. The van der Waals surface area contributed by atoms with Gasteiger partial charge in [0.25, 0.3) is 0 Å². The van der Waals surface area contributed by atoms with Crippen molar-refractivity contribution in [2.24, 2.45) is 0 Å². The van der Waals surface area contributed by atoms with Crippen LogP contribution in [-0.2, 0) is 32.4 Å². The summed E-state index contributed by atoms with van der Waals surface area (Å²) in [5.41, 5.74) is 18.2. The van der Waals surface area contributed by atoms with E-state index in [9.17, 15) is 0 Å². The van der Waals surface area contributed by atoms with Crippen LogP contribution in [0.5, 0.6) is 0 Å².